The maximum Gasteiger partial charge on any atom is 0.242 e. The van der Waals surface area contributed by atoms with Crippen molar-refractivity contribution in [1.82, 2.24) is 10.2 Å². The second kappa shape index (κ2) is 13.0. The lowest BCUT2D eigenvalue weighted by Gasteiger charge is -2.29. The third kappa shape index (κ3) is 8.32. The van der Waals surface area contributed by atoms with Crippen molar-refractivity contribution < 1.29 is 9.59 Å². The summed E-state index contributed by atoms with van der Waals surface area (Å²) >= 11 is 11.1. The Bertz CT molecular complexity index is 832. The van der Waals surface area contributed by atoms with E-state index < -0.39 is 6.04 Å². The molecule has 0 saturated heterocycles. The summed E-state index contributed by atoms with van der Waals surface area (Å²) in [5.41, 5.74) is 0.989. The Morgan fingerprint density at radius 2 is 1.93 bits per heavy atom. The summed E-state index contributed by atoms with van der Waals surface area (Å²) < 4.78 is 0.954. The van der Waals surface area contributed by atoms with E-state index in [4.69, 9.17) is 11.6 Å². The molecule has 2 aromatic rings. The van der Waals surface area contributed by atoms with Crippen molar-refractivity contribution in [2.24, 2.45) is 0 Å². The summed E-state index contributed by atoms with van der Waals surface area (Å²) in [6.07, 6.45) is 2.00. The average Bonchev–Trinajstić information content (AvgIpc) is 2.74. The van der Waals surface area contributed by atoms with E-state index >= 15 is 0 Å². The molecule has 7 heteroatoms. The van der Waals surface area contributed by atoms with Gasteiger partial charge in [0.1, 0.15) is 6.04 Å². The number of thioether (sulfide) groups is 1. The van der Waals surface area contributed by atoms with E-state index in [2.05, 4.69) is 21.2 Å². The number of nitrogens with one attached hydrogen (secondary N) is 1. The maximum absolute atomic E-state index is 13.0. The molecule has 4 nitrogen and oxygen atoms in total. The predicted octanol–water partition coefficient (Wildman–Crippen LogP) is 5.92. The molecule has 2 aromatic carbocycles. The van der Waals surface area contributed by atoms with E-state index in [1.165, 1.54) is 0 Å². The Hall–Kier alpha value is -1.50. The van der Waals surface area contributed by atoms with E-state index in [1.807, 2.05) is 55.5 Å². The van der Waals surface area contributed by atoms with Crippen molar-refractivity contribution in [3.8, 4) is 0 Å². The number of carbonyl (C=O) groups excluding carboxylic acids is 2. The Morgan fingerprint density at radius 1 is 1.20 bits per heavy atom. The van der Waals surface area contributed by atoms with Gasteiger partial charge in [0.15, 0.2) is 0 Å². The van der Waals surface area contributed by atoms with Crippen molar-refractivity contribution in [2.45, 2.75) is 50.6 Å². The van der Waals surface area contributed by atoms with E-state index in [-0.39, 0.29) is 11.8 Å². The van der Waals surface area contributed by atoms with Crippen LogP contribution in [-0.4, -0.2) is 35.1 Å². The number of nitrogens with zero attached hydrogens (tertiary/aromatic N) is 1. The molecule has 0 aliphatic rings. The highest BCUT2D eigenvalue weighted by Gasteiger charge is 2.25. The average molecular weight is 512 g/mol. The van der Waals surface area contributed by atoms with E-state index in [1.54, 1.807) is 23.6 Å². The molecule has 0 radical (unpaired) electrons. The fourth-order valence-corrected chi connectivity index (χ4v) is 4.32. The summed E-state index contributed by atoms with van der Waals surface area (Å²) in [5.74, 6) is 0.704. The van der Waals surface area contributed by atoms with Crippen LogP contribution in [0.3, 0.4) is 0 Å². The molecule has 2 amide bonds. The lowest BCUT2D eigenvalue weighted by molar-refractivity contribution is -0.140. The SMILES string of the molecule is CCCNC(=O)C(C)N(Cc1cccc(Br)c1)C(=O)CCCSc1ccc(Cl)cc1. The van der Waals surface area contributed by atoms with Crippen LogP contribution in [0.15, 0.2) is 57.9 Å². The third-order valence-corrected chi connectivity index (χ3v) is 6.42. The van der Waals surface area contributed by atoms with Crippen molar-refractivity contribution >= 4 is 51.1 Å². The lowest BCUT2D eigenvalue weighted by atomic mass is 10.1. The first-order chi connectivity index (χ1) is 14.4. The highest BCUT2D eigenvalue weighted by atomic mass is 79.9. The fourth-order valence-electron chi connectivity index (χ4n) is 2.90. The van der Waals surface area contributed by atoms with Crippen LogP contribution in [0.2, 0.25) is 5.02 Å². The molecule has 2 rings (SSSR count). The monoisotopic (exact) mass is 510 g/mol. The summed E-state index contributed by atoms with van der Waals surface area (Å²) in [7, 11) is 0. The van der Waals surface area contributed by atoms with E-state index in [9.17, 15) is 9.59 Å². The van der Waals surface area contributed by atoms with Crippen molar-refractivity contribution in [1.29, 1.82) is 0 Å². The third-order valence-electron chi connectivity index (χ3n) is 4.58. The number of carbonyl (C=O) groups is 2. The van der Waals surface area contributed by atoms with Gasteiger partial charge >= 0.3 is 0 Å². The van der Waals surface area contributed by atoms with Gasteiger partial charge in [0, 0.05) is 33.9 Å². The summed E-state index contributed by atoms with van der Waals surface area (Å²) in [6, 6.07) is 15.0. The van der Waals surface area contributed by atoms with E-state index in [0.29, 0.717) is 24.5 Å². The molecule has 0 fully saturated rings. The number of amides is 2. The molecule has 0 spiro atoms. The molecule has 30 heavy (non-hydrogen) atoms. The molecule has 0 aliphatic heterocycles. The largest absolute Gasteiger partial charge is 0.354 e. The molecule has 1 unspecified atom stereocenters. The van der Waals surface area contributed by atoms with Crippen LogP contribution < -0.4 is 5.32 Å². The Kier molecular flexibility index (Phi) is 10.8. The highest BCUT2D eigenvalue weighted by Crippen LogP contribution is 2.22. The minimum Gasteiger partial charge on any atom is -0.354 e. The van der Waals surface area contributed by atoms with Crippen LogP contribution in [0.1, 0.15) is 38.7 Å². The second-order valence-corrected chi connectivity index (χ2v) is 9.54. The summed E-state index contributed by atoms with van der Waals surface area (Å²) in [6.45, 7) is 4.82. The first kappa shape index (κ1) is 24.8. The number of hydrogen-bond donors (Lipinski definition) is 1. The van der Waals surface area contributed by atoms with Gasteiger partial charge in [-0.25, -0.2) is 0 Å². The normalized spacial score (nSPS) is 11.7. The van der Waals surface area contributed by atoms with Gasteiger partial charge in [-0.15, -0.1) is 11.8 Å². The Morgan fingerprint density at radius 3 is 2.60 bits per heavy atom. The van der Waals surface area contributed by atoms with Gasteiger partial charge in [-0.05, 0) is 67.5 Å². The first-order valence-electron chi connectivity index (χ1n) is 10.1. The highest BCUT2D eigenvalue weighted by molar-refractivity contribution is 9.10. The van der Waals surface area contributed by atoms with Crippen LogP contribution in [0.4, 0.5) is 0 Å². The van der Waals surface area contributed by atoms with Crippen LogP contribution in [0, 0.1) is 0 Å². The second-order valence-electron chi connectivity index (χ2n) is 7.02. The standard InChI is InChI=1S/C23H28BrClN2O2S/c1-3-13-26-23(29)17(2)27(16-18-6-4-7-19(24)15-18)22(28)8-5-14-30-21-11-9-20(25)10-12-21/h4,6-7,9-12,15,17H,3,5,8,13-14,16H2,1-2H3,(H,26,29). The molecule has 1 N–H and O–H groups in total. The number of halogens is 2. The van der Waals surface area contributed by atoms with Crippen LogP contribution >= 0.6 is 39.3 Å². The zero-order chi connectivity index (χ0) is 21.9. The Balaban J connectivity index is 1.97. The smallest absolute Gasteiger partial charge is 0.242 e. The number of benzene rings is 2. The van der Waals surface area contributed by atoms with Crippen molar-refractivity contribution in [3.05, 3.63) is 63.6 Å². The molecule has 0 heterocycles. The zero-order valence-electron chi connectivity index (χ0n) is 17.4. The fraction of sp³-hybridized carbons (Fsp3) is 0.391. The van der Waals surface area contributed by atoms with Crippen LogP contribution in [0.25, 0.3) is 0 Å². The molecule has 1 atom stereocenters. The van der Waals surface area contributed by atoms with Crippen molar-refractivity contribution in [2.75, 3.05) is 12.3 Å². The van der Waals surface area contributed by atoms with Gasteiger partial charge in [-0.3, -0.25) is 9.59 Å². The van der Waals surface area contributed by atoms with Crippen LogP contribution in [0.5, 0.6) is 0 Å². The first-order valence-corrected chi connectivity index (χ1v) is 12.3. The van der Waals surface area contributed by atoms with Crippen molar-refractivity contribution in [3.63, 3.8) is 0 Å². The minimum atomic E-state index is -0.521. The predicted molar refractivity (Wildman–Crippen MR) is 129 cm³/mol. The molecule has 0 saturated carbocycles. The topological polar surface area (TPSA) is 49.4 Å². The molecule has 0 aromatic heterocycles. The summed E-state index contributed by atoms with van der Waals surface area (Å²) in [4.78, 5) is 28.3. The van der Waals surface area contributed by atoms with Gasteiger partial charge in [-0.2, -0.15) is 0 Å². The van der Waals surface area contributed by atoms with Crippen LogP contribution in [-0.2, 0) is 16.1 Å². The molecular weight excluding hydrogens is 484 g/mol. The van der Waals surface area contributed by atoms with Gasteiger partial charge in [0.05, 0.1) is 0 Å². The summed E-state index contributed by atoms with van der Waals surface area (Å²) in [5, 5.41) is 3.62. The number of hydrogen-bond acceptors (Lipinski definition) is 3. The molecule has 0 bridgehead atoms. The Labute approximate surface area is 196 Å². The molecular formula is C23H28BrClN2O2S. The molecule has 0 aliphatic carbocycles. The maximum atomic E-state index is 13.0. The van der Waals surface area contributed by atoms with E-state index in [0.717, 1.165) is 33.5 Å². The van der Waals surface area contributed by atoms with Gasteiger partial charge in [0.25, 0.3) is 0 Å². The quantitative estimate of drug-likeness (QED) is 0.301. The zero-order valence-corrected chi connectivity index (χ0v) is 20.5. The molecule has 162 valence electrons. The van der Waals surface area contributed by atoms with Gasteiger partial charge < -0.3 is 10.2 Å². The van der Waals surface area contributed by atoms with Gasteiger partial charge in [0.2, 0.25) is 11.8 Å². The number of rotatable bonds is 11. The minimum absolute atomic E-state index is 0.00849. The lowest BCUT2D eigenvalue weighted by Crippen LogP contribution is -2.47. The van der Waals surface area contributed by atoms with Gasteiger partial charge in [-0.1, -0.05) is 46.6 Å².